The third kappa shape index (κ3) is 4.19. The van der Waals surface area contributed by atoms with Crippen molar-refractivity contribution in [2.75, 3.05) is 13.2 Å². The molecule has 2 heterocycles. The Bertz CT molecular complexity index is 1150. The van der Waals surface area contributed by atoms with Crippen molar-refractivity contribution in [1.29, 1.82) is 0 Å². The Morgan fingerprint density at radius 2 is 1.84 bits per heavy atom. The minimum atomic E-state index is -0.200. The topological polar surface area (TPSA) is 65.4 Å². The lowest BCUT2D eigenvalue weighted by atomic mass is 10.0. The van der Waals surface area contributed by atoms with Gasteiger partial charge in [0.15, 0.2) is 11.5 Å². The van der Waals surface area contributed by atoms with E-state index in [0.29, 0.717) is 42.1 Å². The van der Waals surface area contributed by atoms with Gasteiger partial charge in [0, 0.05) is 0 Å². The van der Waals surface area contributed by atoms with E-state index in [-0.39, 0.29) is 11.9 Å². The highest BCUT2D eigenvalue weighted by molar-refractivity contribution is 6.33. The fourth-order valence-electron chi connectivity index (χ4n) is 4.15. The molecule has 32 heavy (non-hydrogen) atoms. The van der Waals surface area contributed by atoms with Crippen LogP contribution in [0.5, 0.6) is 11.5 Å². The summed E-state index contributed by atoms with van der Waals surface area (Å²) < 4.78 is 13.1. The Morgan fingerprint density at radius 1 is 1.12 bits per heavy atom. The molecule has 5 rings (SSSR count). The van der Waals surface area contributed by atoms with Crippen LogP contribution in [-0.2, 0) is 6.54 Å². The highest BCUT2D eigenvalue weighted by Gasteiger charge is 2.35. The zero-order chi connectivity index (χ0) is 22.2. The molecule has 6 nitrogen and oxygen atoms in total. The number of ether oxygens (including phenoxy) is 2. The molecule has 1 aromatic heterocycles. The summed E-state index contributed by atoms with van der Waals surface area (Å²) >= 11 is 6.63. The van der Waals surface area contributed by atoms with Crippen LogP contribution in [0.1, 0.15) is 51.6 Å². The number of halogens is 1. The molecule has 7 heteroatoms. The Labute approximate surface area is 192 Å². The summed E-state index contributed by atoms with van der Waals surface area (Å²) in [6.45, 7) is 5.48. The van der Waals surface area contributed by atoms with Gasteiger partial charge in [-0.05, 0) is 55.9 Å². The molecule has 2 aromatic carbocycles. The van der Waals surface area contributed by atoms with Crippen molar-refractivity contribution in [3.8, 4) is 11.5 Å². The molecule has 2 aliphatic rings. The van der Waals surface area contributed by atoms with E-state index < -0.39 is 0 Å². The maximum atomic E-state index is 13.3. The van der Waals surface area contributed by atoms with Crippen LogP contribution in [0.15, 0.2) is 42.5 Å². The standard InChI is InChI=1S/C25H26ClN3O3/c1-15-3-5-17(6-4-15)14-29-24(26)22(16(2)28-29)25(30)27-23(18-7-8-18)19-9-10-20-21(13-19)32-12-11-31-20/h3-6,9-10,13,18,23H,7-8,11-12,14H2,1-2H3,(H,27,30). The lowest BCUT2D eigenvalue weighted by molar-refractivity contribution is 0.0931. The number of aryl methyl sites for hydroxylation is 2. The minimum absolute atomic E-state index is 0.103. The SMILES string of the molecule is Cc1ccc(Cn2nc(C)c(C(=O)NC(c3ccc4c(c3)OCCO4)C3CC3)c2Cl)cc1. The summed E-state index contributed by atoms with van der Waals surface area (Å²) in [5.74, 6) is 1.68. The number of fused-ring (bicyclic) bond motifs is 1. The van der Waals surface area contributed by atoms with Gasteiger partial charge >= 0.3 is 0 Å². The second kappa shape index (κ2) is 8.51. The average molecular weight is 452 g/mol. The van der Waals surface area contributed by atoms with E-state index >= 15 is 0 Å². The normalized spacial score (nSPS) is 16.0. The number of nitrogens with zero attached hydrogens (tertiary/aromatic N) is 2. The van der Waals surface area contributed by atoms with E-state index in [4.69, 9.17) is 21.1 Å². The van der Waals surface area contributed by atoms with Crippen molar-refractivity contribution >= 4 is 17.5 Å². The zero-order valence-corrected chi connectivity index (χ0v) is 19.0. The lowest BCUT2D eigenvalue weighted by Gasteiger charge is -2.23. The number of benzene rings is 2. The molecule has 1 amide bonds. The molecule has 0 radical (unpaired) electrons. The first-order valence-electron chi connectivity index (χ1n) is 11.0. The van der Waals surface area contributed by atoms with Gasteiger partial charge in [0.25, 0.3) is 5.91 Å². The summed E-state index contributed by atoms with van der Waals surface area (Å²) in [7, 11) is 0. The second-order valence-corrected chi connectivity index (χ2v) is 8.94. The first-order chi connectivity index (χ1) is 15.5. The predicted molar refractivity (Wildman–Crippen MR) is 123 cm³/mol. The Balaban J connectivity index is 1.37. The number of nitrogens with one attached hydrogen (secondary N) is 1. The van der Waals surface area contributed by atoms with Crippen molar-refractivity contribution in [3.05, 3.63) is 75.6 Å². The summed E-state index contributed by atoms with van der Waals surface area (Å²) in [4.78, 5) is 13.3. The van der Waals surface area contributed by atoms with Crippen molar-refractivity contribution in [1.82, 2.24) is 15.1 Å². The van der Waals surface area contributed by atoms with Gasteiger partial charge in [-0.2, -0.15) is 5.10 Å². The van der Waals surface area contributed by atoms with Crippen molar-refractivity contribution in [2.45, 2.75) is 39.3 Å². The molecule has 166 valence electrons. The monoisotopic (exact) mass is 451 g/mol. The molecular weight excluding hydrogens is 426 g/mol. The maximum absolute atomic E-state index is 13.3. The van der Waals surface area contributed by atoms with Crippen LogP contribution < -0.4 is 14.8 Å². The van der Waals surface area contributed by atoms with Gasteiger partial charge in [0.2, 0.25) is 0 Å². The third-order valence-corrected chi connectivity index (χ3v) is 6.43. The van der Waals surface area contributed by atoms with Crippen molar-refractivity contribution < 1.29 is 14.3 Å². The number of carbonyl (C=O) groups excluding carboxylic acids is 1. The molecule has 1 fully saturated rings. The van der Waals surface area contributed by atoms with Crippen LogP contribution in [0.3, 0.4) is 0 Å². The Hall–Kier alpha value is -2.99. The Kier molecular flexibility index (Phi) is 5.55. The van der Waals surface area contributed by atoms with Crippen LogP contribution in [0.2, 0.25) is 5.15 Å². The highest BCUT2D eigenvalue weighted by Crippen LogP contribution is 2.43. The molecular formula is C25H26ClN3O3. The van der Waals surface area contributed by atoms with Crippen LogP contribution in [0, 0.1) is 19.8 Å². The average Bonchev–Trinajstić information content (AvgIpc) is 3.59. The zero-order valence-electron chi connectivity index (χ0n) is 18.2. The fourth-order valence-corrected chi connectivity index (χ4v) is 4.47. The minimum Gasteiger partial charge on any atom is -0.486 e. The largest absolute Gasteiger partial charge is 0.486 e. The number of rotatable bonds is 6. The van der Waals surface area contributed by atoms with E-state index in [1.54, 1.807) is 4.68 Å². The lowest BCUT2D eigenvalue weighted by Crippen LogP contribution is -2.30. The third-order valence-electron chi connectivity index (χ3n) is 6.05. The molecule has 1 N–H and O–H groups in total. The van der Waals surface area contributed by atoms with Gasteiger partial charge in [-0.3, -0.25) is 4.79 Å². The molecule has 1 saturated carbocycles. The smallest absolute Gasteiger partial charge is 0.256 e. The van der Waals surface area contributed by atoms with Crippen molar-refractivity contribution in [2.24, 2.45) is 5.92 Å². The van der Waals surface area contributed by atoms with Gasteiger partial charge in [0.05, 0.1) is 23.8 Å². The van der Waals surface area contributed by atoms with Crippen LogP contribution in [0.4, 0.5) is 0 Å². The number of carbonyl (C=O) groups is 1. The number of hydrogen-bond donors (Lipinski definition) is 1. The van der Waals surface area contributed by atoms with E-state index in [2.05, 4.69) is 29.5 Å². The van der Waals surface area contributed by atoms with E-state index in [0.717, 1.165) is 35.5 Å². The van der Waals surface area contributed by atoms with Gasteiger partial charge in [-0.1, -0.05) is 47.5 Å². The molecule has 1 aliphatic carbocycles. The van der Waals surface area contributed by atoms with Gasteiger partial charge in [-0.25, -0.2) is 4.68 Å². The molecule has 1 unspecified atom stereocenters. The van der Waals surface area contributed by atoms with E-state index in [1.165, 1.54) is 5.56 Å². The summed E-state index contributed by atoms with van der Waals surface area (Å²) in [6.07, 6.45) is 2.16. The second-order valence-electron chi connectivity index (χ2n) is 8.59. The van der Waals surface area contributed by atoms with Crippen LogP contribution in [-0.4, -0.2) is 28.9 Å². The van der Waals surface area contributed by atoms with Gasteiger partial charge < -0.3 is 14.8 Å². The first kappa shape index (κ1) is 20.9. The number of amides is 1. The summed E-state index contributed by atoms with van der Waals surface area (Å²) in [6, 6.07) is 14.0. The van der Waals surface area contributed by atoms with Crippen LogP contribution in [0.25, 0.3) is 0 Å². The number of hydrogen-bond acceptors (Lipinski definition) is 4. The Morgan fingerprint density at radius 3 is 2.56 bits per heavy atom. The van der Waals surface area contributed by atoms with Crippen LogP contribution >= 0.6 is 11.6 Å². The maximum Gasteiger partial charge on any atom is 0.256 e. The first-order valence-corrected chi connectivity index (χ1v) is 11.4. The van der Waals surface area contributed by atoms with E-state index in [1.807, 2.05) is 37.3 Å². The molecule has 3 aromatic rings. The van der Waals surface area contributed by atoms with Crippen molar-refractivity contribution in [3.63, 3.8) is 0 Å². The molecule has 0 bridgehead atoms. The quantitative estimate of drug-likeness (QED) is 0.581. The molecule has 1 aliphatic heterocycles. The van der Waals surface area contributed by atoms with E-state index in [9.17, 15) is 4.79 Å². The number of aromatic nitrogens is 2. The molecule has 1 atom stereocenters. The summed E-state index contributed by atoms with van der Waals surface area (Å²) in [5.41, 5.74) is 4.35. The highest BCUT2D eigenvalue weighted by atomic mass is 35.5. The molecule has 0 saturated heterocycles. The fraction of sp³-hybridized carbons (Fsp3) is 0.360. The molecule has 0 spiro atoms. The van der Waals surface area contributed by atoms with Gasteiger partial charge in [0.1, 0.15) is 18.4 Å². The van der Waals surface area contributed by atoms with Gasteiger partial charge in [-0.15, -0.1) is 0 Å². The predicted octanol–water partition coefficient (Wildman–Crippen LogP) is 4.85. The summed E-state index contributed by atoms with van der Waals surface area (Å²) in [5, 5.41) is 8.10.